The van der Waals surface area contributed by atoms with Crippen LogP contribution in [0.4, 0.5) is 4.39 Å². The highest BCUT2D eigenvalue weighted by Gasteiger charge is 2.12. The lowest BCUT2D eigenvalue weighted by Gasteiger charge is -2.22. The Labute approximate surface area is 163 Å². The Kier molecular flexibility index (Phi) is 8.43. The second kappa shape index (κ2) is 10.8. The van der Waals surface area contributed by atoms with Gasteiger partial charge in [-0.15, -0.1) is 0 Å². The van der Waals surface area contributed by atoms with Crippen molar-refractivity contribution < 1.29 is 4.39 Å². The maximum Gasteiger partial charge on any atom is 0.100 e. The summed E-state index contributed by atoms with van der Waals surface area (Å²) < 4.78 is 15.4. The van der Waals surface area contributed by atoms with Gasteiger partial charge in [-0.2, -0.15) is 5.26 Å². The summed E-state index contributed by atoms with van der Waals surface area (Å²) in [5.74, 6) is -0.0732. The summed E-state index contributed by atoms with van der Waals surface area (Å²) >= 11 is 7.60. The highest BCUT2D eigenvalue weighted by atomic mass is 35.5. The van der Waals surface area contributed by atoms with Gasteiger partial charge in [-0.1, -0.05) is 48.0 Å². The Morgan fingerprint density at radius 1 is 1.35 bits per heavy atom. The Balaban J connectivity index is 2.10. The van der Waals surface area contributed by atoms with E-state index in [1.54, 1.807) is 18.2 Å². The van der Waals surface area contributed by atoms with Crippen LogP contribution >= 0.6 is 23.5 Å². The molecular formula is C21H20ClFN2S. The Bertz CT molecular complexity index is 802. The summed E-state index contributed by atoms with van der Waals surface area (Å²) in [7, 11) is 0. The summed E-state index contributed by atoms with van der Waals surface area (Å²) in [6.45, 7) is 5.00. The molecule has 1 aromatic carbocycles. The molecule has 0 fully saturated rings. The highest BCUT2D eigenvalue weighted by molar-refractivity contribution is 7.99. The van der Waals surface area contributed by atoms with Crippen LogP contribution in [0.5, 0.6) is 0 Å². The number of hydrogen-bond donors (Lipinski definition) is 0. The van der Waals surface area contributed by atoms with Gasteiger partial charge in [0, 0.05) is 24.5 Å². The number of allylic oxidation sites excluding steroid dienone is 7. The predicted octanol–water partition coefficient (Wildman–Crippen LogP) is 6.51. The summed E-state index contributed by atoms with van der Waals surface area (Å²) in [5, 5.41) is 11.6. The van der Waals surface area contributed by atoms with E-state index in [1.807, 2.05) is 35.7 Å². The first kappa shape index (κ1) is 20.3. The molecule has 0 unspecified atom stereocenters. The second-order valence-electron chi connectivity index (χ2n) is 5.74. The number of benzene rings is 1. The molecule has 1 aromatic rings. The van der Waals surface area contributed by atoms with E-state index in [-0.39, 0.29) is 5.83 Å². The molecule has 0 spiro atoms. The normalized spacial score (nSPS) is 14.9. The van der Waals surface area contributed by atoms with E-state index in [4.69, 9.17) is 16.9 Å². The van der Waals surface area contributed by atoms with Gasteiger partial charge in [0.05, 0.1) is 11.6 Å². The lowest BCUT2D eigenvalue weighted by molar-refractivity contribution is 0.491. The van der Waals surface area contributed by atoms with Crippen molar-refractivity contribution in [3.05, 3.63) is 94.2 Å². The summed E-state index contributed by atoms with van der Waals surface area (Å²) in [5.41, 5.74) is 2.81. The van der Waals surface area contributed by atoms with E-state index < -0.39 is 0 Å². The molecule has 0 saturated carbocycles. The Morgan fingerprint density at radius 3 is 2.85 bits per heavy atom. The maximum atomic E-state index is 13.2. The van der Waals surface area contributed by atoms with Crippen molar-refractivity contribution in [3.63, 3.8) is 0 Å². The van der Waals surface area contributed by atoms with Crippen LogP contribution in [0.25, 0.3) is 0 Å². The number of hydrogen-bond acceptors (Lipinski definition) is 3. The minimum absolute atomic E-state index is 0.0732. The van der Waals surface area contributed by atoms with Crippen LogP contribution in [-0.4, -0.2) is 10.8 Å². The summed E-state index contributed by atoms with van der Waals surface area (Å²) in [6, 6.07) is 9.85. The largest absolute Gasteiger partial charge is 0.238 e. The van der Waals surface area contributed by atoms with Crippen LogP contribution in [0.15, 0.2) is 83.6 Å². The van der Waals surface area contributed by atoms with Crippen molar-refractivity contribution in [1.29, 1.82) is 5.26 Å². The average Bonchev–Trinajstić information content (AvgIpc) is 2.63. The standard InChI is InChI=1S/C21H20ClFN2S/c1-2-4-17(14-24)11-12-26-25(15-18-7-9-21(23)10-8-18)16-19-5-3-6-20(22)13-19/h2-7,9,11-13H,1,8,10,15-16H2/b12-11+,17-4+. The fraction of sp³-hybridized carbons (Fsp3) is 0.190. The molecule has 0 N–H and O–H groups in total. The van der Waals surface area contributed by atoms with Crippen molar-refractivity contribution >= 4 is 23.5 Å². The minimum Gasteiger partial charge on any atom is -0.238 e. The molecule has 1 aliphatic carbocycles. The third kappa shape index (κ3) is 7.05. The molecule has 1 aliphatic rings. The second-order valence-corrected chi connectivity index (χ2v) is 7.18. The van der Waals surface area contributed by atoms with E-state index in [9.17, 15) is 4.39 Å². The molecule has 134 valence electrons. The van der Waals surface area contributed by atoms with Gasteiger partial charge in [-0.25, -0.2) is 8.70 Å². The fourth-order valence-electron chi connectivity index (χ4n) is 2.43. The zero-order valence-electron chi connectivity index (χ0n) is 14.4. The molecule has 0 atom stereocenters. The van der Waals surface area contributed by atoms with Gasteiger partial charge in [0.25, 0.3) is 0 Å². The molecule has 26 heavy (non-hydrogen) atoms. The average molecular weight is 387 g/mol. The molecule has 0 heterocycles. The van der Waals surface area contributed by atoms with Gasteiger partial charge >= 0.3 is 0 Å². The van der Waals surface area contributed by atoms with Crippen molar-refractivity contribution in [3.8, 4) is 6.07 Å². The van der Waals surface area contributed by atoms with Crippen molar-refractivity contribution in [2.45, 2.75) is 19.4 Å². The van der Waals surface area contributed by atoms with Crippen LogP contribution in [0, 0.1) is 11.3 Å². The van der Waals surface area contributed by atoms with Crippen molar-refractivity contribution in [1.82, 2.24) is 4.31 Å². The molecule has 2 nitrogen and oxygen atoms in total. The first-order chi connectivity index (χ1) is 12.6. The monoisotopic (exact) mass is 386 g/mol. The lowest BCUT2D eigenvalue weighted by atomic mass is 10.0. The van der Waals surface area contributed by atoms with E-state index in [2.05, 4.69) is 17.0 Å². The third-order valence-electron chi connectivity index (χ3n) is 3.70. The van der Waals surface area contributed by atoms with Crippen molar-refractivity contribution in [2.75, 3.05) is 6.54 Å². The first-order valence-corrected chi connectivity index (χ1v) is 9.42. The Hall–Kier alpha value is -2.06. The van der Waals surface area contributed by atoms with Crippen LogP contribution in [0.1, 0.15) is 18.4 Å². The molecule has 0 aliphatic heterocycles. The van der Waals surface area contributed by atoms with E-state index in [0.717, 1.165) is 12.0 Å². The smallest absolute Gasteiger partial charge is 0.100 e. The minimum atomic E-state index is -0.0732. The van der Waals surface area contributed by atoms with Gasteiger partial charge in [-0.3, -0.25) is 0 Å². The van der Waals surface area contributed by atoms with E-state index in [1.165, 1.54) is 23.6 Å². The quantitative estimate of drug-likeness (QED) is 0.289. The zero-order chi connectivity index (χ0) is 18.8. The van der Waals surface area contributed by atoms with E-state index >= 15 is 0 Å². The van der Waals surface area contributed by atoms with Crippen LogP contribution < -0.4 is 0 Å². The van der Waals surface area contributed by atoms with Crippen molar-refractivity contribution in [2.24, 2.45) is 0 Å². The third-order valence-corrected chi connectivity index (χ3v) is 4.75. The number of halogens is 2. The van der Waals surface area contributed by atoms with Gasteiger partial charge in [0.1, 0.15) is 5.83 Å². The molecule has 0 saturated heterocycles. The van der Waals surface area contributed by atoms with Gasteiger partial charge in [0.2, 0.25) is 0 Å². The summed E-state index contributed by atoms with van der Waals surface area (Å²) in [6.07, 6.45) is 9.58. The van der Waals surface area contributed by atoms with E-state index in [0.29, 0.717) is 30.1 Å². The van der Waals surface area contributed by atoms with Gasteiger partial charge in [-0.05, 0) is 59.7 Å². The maximum absolute atomic E-state index is 13.2. The molecule has 5 heteroatoms. The summed E-state index contributed by atoms with van der Waals surface area (Å²) in [4.78, 5) is 0. The molecule has 0 amide bonds. The van der Waals surface area contributed by atoms with Gasteiger partial charge < -0.3 is 0 Å². The topological polar surface area (TPSA) is 27.0 Å². The molecule has 0 bridgehead atoms. The Morgan fingerprint density at radius 2 is 2.19 bits per heavy atom. The molecule has 0 aromatic heterocycles. The highest BCUT2D eigenvalue weighted by Crippen LogP contribution is 2.25. The fourth-order valence-corrected chi connectivity index (χ4v) is 3.49. The zero-order valence-corrected chi connectivity index (χ0v) is 15.9. The van der Waals surface area contributed by atoms with Crippen LogP contribution in [0.2, 0.25) is 5.02 Å². The predicted molar refractivity (Wildman–Crippen MR) is 109 cm³/mol. The first-order valence-electron chi connectivity index (χ1n) is 8.20. The number of nitrogens with zero attached hydrogens (tertiary/aromatic N) is 2. The lowest BCUT2D eigenvalue weighted by Crippen LogP contribution is -2.18. The van der Waals surface area contributed by atoms with Crippen LogP contribution in [0.3, 0.4) is 0 Å². The number of rotatable bonds is 8. The van der Waals surface area contributed by atoms with Crippen LogP contribution in [-0.2, 0) is 6.54 Å². The molecular weight excluding hydrogens is 367 g/mol. The van der Waals surface area contributed by atoms with Gasteiger partial charge in [0.15, 0.2) is 0 Å². The SMILES string of the molecule is C=C/C=C(C#N)\C=C\SN(CC1=CC=C(F)CC1)Cc1cccc(Cl)c1. The molecule has 2 rings (SSSR count). The molecule has 0 radical (unpaired) electrons. The number of nitriles is 1.